The quantitative estimate of drug-likeness (QED) is 0.435. The van der Waals surface area contributed by atoms with Gasteiger partial charge >= 0.3 is 29.6 Å². The van der Waals surface area contributed by atoms with Crippen molar-refractivity contribution in [2.75, 3.05) is 0 Å². The van der Waals surface area contributed by atoms with Crippen molar-refractivity contribution in [3.05, 3.63) is 71.3 Å². The summed E-state index contributed by atoms with van der Waals surface area (Å²) in [6.07, 6.45) is 0.227. The van der Waals surface area contributed by atoms with Crippen molar-refractivity contribution in [3.8, 4) is 22.5 Å². The van der Waals surface area contributed by atoms with Crippen LogP contribution in [0.4, 0.5) is 4.39 Å². The second-order valence-electron chi connectivity index (χ2n) is 8.95. The van der Waals surface area contributed by atoms with Crippen LogP contribution < -0.4 is 34.7 Å². The summed E-state index contributed by atoms with van der Waals surface area (Å²) in [5.74, 6) is -0.934. The number of rotatable bonds is 9. The molecule has 0 fully saturated rings. The monoisotopic (exact) mass is 488 g/mol. The number of nitrogens with zero attached hydrogens (tertiary/aromatic N) is 2. The molecule has 2 aromatic carbocycles. The number of hydrogen-bond acceptors (Lipinski definition) is 5. The van der Waals surface area contributed by atoms with E-state index in [1.807, 2.05) is 44.4 Å². The number of carboxylic acid groups (broad SMARTS) is 1. The topological polar surface area (TPSA) is 98.4 Å². The van der Waals surface area contributed by atoms with Gasteiger partial charge in [0, 0.05) is 42.1 Å². The number of carbonyl (C=O) groups is 1. The number of aromatic nitrogens is 2. The maximum Gasteiger partial charge on any atom is 1.00 e. The molecule has 0 aliphatic carbocycles. The molecule has 0 spiro atoms. The van der Waals surface area contributed by atoms with E-state index < -0.39 is 24.6 Å². The van der Waals surface area contributed by atoms with E-state index in [2.05, 4.69) is 6.07 Å². The molecule has 180 valence electrons. The van der Waals surface area contributed by atoms with Crippen molar-refractivity contribution in [1.82, 2.24) is 9.55 Å². The number of hydrogen-bond donors (Lipinski definition) is 2. The van der Waals surface area contributed by atoms with Crippen LogP contribution in [-0.2, 0) is 4.79 Å². The number of halogens is 1. The Morgan fingerprint density at radius 3 is 2.23 bits per heavy atom. The van der Waals surface area contributed by atoms with Gasteiger partial charge in [0.2, 0.25) is 0 Å². The van der Waals surface area contributed by atoms with Crippen LogP contribution >= 0.6 is 0 Å². The van der Waals surface area contributed by atoms with Crippen LogP contribution in [0.5, 0.6) is 0 Å². The number of aryl methyl sites for hydroxylation is 2. The van der Waals surface area contributed by atoms with Crippen LogP contribution in [0, 0.1) is 19.7 Å². The Balaban J connectivity index is 0.00000432. The first-order chi connectivity index (χ1) is 16.0. The fraction of sp³-hybridized carbons (Fsp3) is 0.333. The number of aliphatic carboxylic acids is 1. The summed E-state index contributed by atoms with van der Waals surface area (Å²) in [6.45, 7) is 8.03. The summed E-state index contributed by atoms with van der Waals surface area (Å²) in [5.41, 5.74) is 5.31. The molecule has 1 heterocycles. The zero-order chi connectivity index (χ0) is 25.0. The summed E-state index contributed by atoms with van der Waals surface area (Å²) in [6, 6.07) is 12.3. The number of benzene rings is 2. The van der Waals surface area contributed by atoms with Crippen molar-refractivity contribution in [2.45, 2.75) is 58.7 Å². The van der Waals surface area contributed by atoms with Gasteiger partial charge in [0.15, 0.2) is 0 Å². The maximum atomic E-state index is 13.6. The van der Waals surface area contributed by atoms with E-state index in [0.29, 0.717) is 5.69 Å². The molecule has 8 heteroatoms. The first-order valence-corrected chi connectivity index (χ1v) is 11.3. The summed E-state index contributed by atoms with van der Waals surface area (Å²) >= 11 is 0. The molecule has 0 saturated heterocycles. The maximum absolute atomic E-state index is 13.6. The molecule has 0 aliphatic rings. The van der Waals surface area contributed by atoms with Gasteiger partial charge in [-0.2, -0.15) is 0 Å². The van der Waals surface area contributed by atoms with E-state index in [4.69, 9.17) is 4.98 Å². The summed E-state index contributed by atoms with van der Waals surface area (Å²) < 4.78 is 15.5. The SMILES string of the molecule is Cc1cc(C)cc(-c2c(-c3ccc(F)cc3)nc(C(C)C)n2/C=C/C(O)CC(O)CC(=O)[O-])c1.[Na+]. The third kappa shape index (κ3) is 7.59. The van der Waals surface area contributed by atoms with Crippen molar-refractivity contribution < 1.29 is 54.1 Å². The molecule has 3 aromatic rings. The van der Waals surface area contributed by atoms with Gasteiger partial charge in [-0.05, 0) is 56.3 Å². The van der Waals surface area contributed by atoms with Gasteiger partial charge in [-0.3, -0.25) is 0 Å². The largest absolute Gasteiger partial charge is 1.00 e. The fourth-order valence-electron chi connectivity index (χ4n) is 4.02. The molecule has 0 bridgehead atoms. The first-order valence-electron chi connectivity index (χ1n) is 11.3. The molecular formula is C27H30FN2NaO4. The van der Waals surface area contributed by atoms with Gasteiger partial charge in [-0.25, -0.2) is 9.37 Å². The Bertz CT molecular complexity index is 1170. The van der Waals surface area contributed by atoms with Crippen molar-refractivity contribution in [2.24, 2.45) is 0 Å². The molecular weight excluding hydrogens is 458 g/mol. The van der Waals surface area contributed by atoms with E-state index in [-0.39, 0.29) is 47.7 Å². The van der Waals surface area contributed by atoms with Gasteiger partial charge in [0.05, 0.1) is 23.6 Å². The molecule has 1 aromatic heterocycles. The minimum absolute atomic E-state index is 0. The second-order valence-corrected chi connectivity index (χ2v) is 8.95. The average Bonchev–Trinajstić information content (AvgIpc) is 3.11. The smallest absolute Gasteiger partial charge is 0.550 e. The van der Waals surface area contributed by atoms with Crippen LogP contribution in [0.3, 0.4) is 0 Å². The van der Waals surface area contributed by atoms with Gasteiger partial charge in [0.25, 0.3) is 0 Å². The number of aliphatic hydroxyl groups excluding tert-OH is 2. The minimum atomic E-state index is -1.37. The van der Waals surface area contributed by atoms with E-state index in [0.717, 1.165) is 33.8 Å². The van der Waals surface area contributed by atoms with Crippen LogP contribution in [0.25, 0.3) is 28.7 Å². The molecule has 2 unspecified atom stereocenters. The van der Waals surface area contributed by atoms with Gasteiger partial charge in [-0.15, -0.1) is 0 Å². The predicted molar refractivity (Wildman–Crippen MR) is 128 cm³/mol. The number of carbonyl (C=O) groups excluding carboxylic acids is 1. The Morgan fingerprint density at radius 2 is 1.69 bits per heavy atom. The average molecular weight is 489 g/mol. The van der Waals surface area contributed by atoms with E-state index in [1.54, 1.807) is 18.3 Å². The number of carboxylic acids is 1. The fourth-order valence-corrected chi connectivity index (χ4v) is 4.02. The first kappa shape index (κ1) is 28.9. The van der Waals surface area contributed by atoms with E-state index >= 15 is 0 Å². The number of aliphatic hydroxyl groups is 2. The molecule has 2 N–H and O–H groups in total. The number of imidazole rings is 1. The zero-order valence-corrected chi connectivity index (χ0v) is 22.8. The molecule has 0 amide bonds. The van der Waals surface area contributed by atoms with Crippen LogP contribution in [-0.4, -0.2) is 37.9 Å². The molecule has 6 nitrogen and oxygen atoms in total. The summed E-state index contributed by atoms with van der Waals surface area (Å²) in [7, 11) is 0. The standard InChI is InChI=1S/C27H31FN2O4.Na/c1-16(2)27-29-25(19-5-7-21(28)8-6-19)26(20-12-17(3)11-18(4)13-20)30(27)10-9-22(31)14-23(32)15-24(33)34;/h5-13,16,22-23,31-32H,14-15H2,1-4H3,(H,33,34);/q;+1/p-1/b10-9+;. The normalized spacial score (nSPS) is 13.1. The Labute approximate surface area is 227 Å². The Morgan fingerprint density at radius 1 is 1.09 bits per heavy atom. The predicted octanol–water partition coefficient (Wildman–Crippen LogP) is 0.823. The molecule has 0 saturated carbocycles. The van der Waals surface area contributed by atoms with Crippen LogP contribution in [0.15, 0.2) is 48.5 Å². The molecule has 3 rings (SSSR count). The summed E-state index contributed by atoms with van der Waals surface area (Å²) in [4.78, 5) is 15.6. The molecule has 0 radical (unpaired) electrons. The second kappa shape index (κ2) is 12.6. The minimum Gasteiger partial charge on any atom is -0.550 e. The van der Waals surface area contributed by atoms with Gasteiger partial charge in [-0.1, -0.05) is 31.0 Å². The van der Waals surface area contributed by atoms with Crippen molar-refractivity contribution in [1.29, 1.82) is 0 Å². The molecule has 2 atom stereocenters. The molecule has 35 heavy (non-hydrogen) atoms. The van der Waals surface area contributed by atoms with Crippen molar-refractivity contribution >= 4 is 12.2 Å². The molecule has 0 aliphatic heterocycles. The Hall–Kier alpha value is -2.29. The van der Waals surface area contributed by atoms with Crippen LogP contribution in [0.2, 0.25) is 0 Å². The zero-order valence-electron chi connectivity index (χ0n) is 20.8. The summed E-state index contributed by atoms with van der Waals surface area (Å²) in [5, 5.41) is 30.9. The van der Waals surface area contributed by atoms with Gasteiger partial charge in [0.1, 0.15) is 11.6 Å². The Kier molecular flexibility index (Phi) is 10.4. The third-order valence-electron chi connectivity index (χ3n) is 5.44. The van der Waals surface area contributed by atoms with Crippen LogP contribution in [0.1, 0.15) is 49.6 Å². The third-order valence-corrected chi connectivity index (χ3v) is 5.44. The van der Waals surface area contributed by atoms with Crippen molar-refractivity contribution in [3.63, 3.8) is 0 Å². The van der Waals surface area contributed by atoms with E-state index in [1.165, 1.54) is 18.2 Å². The van der Waals surface area contributed by atoms with E-state index in [9.17, 15) is 24.5 Å². The van der Waals surface area contributed by atoms with Gasteiger partial charge < -0.3 is 24.7 Å².